The number of fused-ring (bicyclic) bond motifs is 1. The number of hydrogen-bond donors (Lipinski definition) is 0. The molecule has 23 heavy (non-hydrogen) atoms. The summed E-state index contributed by atoms with van der Waals surface area (Å²) < 4.78 is 0. The van der Waals surface area contributed by atoms with E-state index < -0.39 is 0 Å². The van der Waals surface area contributed by atoms with E-state index >= 15 is 0 Å². The summed E-state index contributed by atoms with van der Waals surface area (Å²) in [4.78, 5) is 14.9. The van der Waals surface area contributed by atoms with Gasteiger partial charge in [0.2, 0.25) is 5.12 Å². The maximum absolute atomic E-state index is 12.4. The fourth-order valence-electron chi connectivity index (χ4n) is 3.77. The summed E-state index contributed by atoms with van der Waals surface area (Å²) in [6, 6.07) is 19.1. The maximum Gasteiger partial charge on any atom is 0.219 e. The molecule has 0 saturated carbocycles. The van der Waals surface area contributed by atoms with Crippen molar-refractivity contribution in [2.75, 3.05) is 13.1 Å². The molecular formula is C20H21NOS. The Morgan fingerprint density at radius 2 is 1.61 bits per heavy atom. The zero-order valence-corrected chi connectivity index (χ0v) is 14.0. The summed E-state index contributed by atoms with van der Waals surface area (Å²) in [6.07, 6.45) is 3.45. The SMILES string of the molecule is O=C(SC1CCN(C2Cc3ccccc3C2)C1)c1ccccc1. The van der Waals surface area contributed by atoms with Crippen LogP contribution in [0.25, 0.3) is 0 Å². The Kier molecular flexibility index (Phi) is 4.23. The average Bonchev–Trinajstić information content (AvgIpc) is 3.21. The first-order valence-electron chi connectivity index (χ1n) is 8.36. The molecule has 1 aliphatic carbocycles. The van der Waals surface area contributed by atoms with Crippen molar-refractivity contribution < 1.29 is 4.79 Å². The van der Waals surface area contributed by atoms with Gasteiger partial charge in [-0.15, -0.1) is 0 Å². The Balaban J connectivity index is 1.35. The number of hydrogen-bond acceptors (Lipinski definition) is 3. The highest BCUT2D eigenvalue weighted by molar-refractivity contribution is 8.14. The molecule has 3 heteroatoms. The molecule has 2 nitrogen and oxygen atoms in total. The lowest BCUT2D eigenvalue weighted by Gasteiger charge is -2.23. The van der Waals surface area contributed by atoms with Crippen molar-refractivity contribution in [3.8, 4) is 0 Å². The molecule has 4 rings (SSSR count). The van der Waals surface area contributed by atoms with Crippen molar-refractivity contribution in [2.24, 2.45) is 0 Å². The monoisotopic (exact) mass is 323 g/mol. The van der Waals surface area contributed by atoms with E-state index in [1.54, 1.807) is 0 Å². The van der Waals surface area contributed by atoms with Crippen LogP contribution in [0.4, 0.5) is 0 Å². The largest absolute Gasteiger partial charge is 0.299 e. The Morgan fingerprint density at radius 3 is 2.30 bits per heavy atom. The molecule has 118 valence electrons. The molecule has 1 aliphatic heterocycles. The van der Waals surface area contributed by atoms with Crippen LogP contribution in [0.2, 0.25) is 0 Å². The summed E-state index contributed by atoms with van der Waals surface area (Å²) in [5, 5.41) is 0.651. The molecule has 1 unspecified atom stereocenters. The minimum atomic E-state index is 0.215. The summed E-state index contributed by atoms with van der Waals surface area (Å²) in [5.74, 6) is 0. The third-order valence-corrected chi connectivity index (χ3v) is 6.17. The van der Waals surface area contributed by atoms with Gasteiger partial charge in [0, 0.05) is 23.4 Å². The molecule has 0 amide bonds. The molecule has 1 saturated heterocycles. The quantitative estimate of drug-likeness (QED) is 0.857. The zero-order chi connectivity index (χ0) is 15.6. The summed E-state index contributed by atoms with van der Waals surface area (Å²) in [5.41, 5.74) is 3.84. The van der Waals surface area contributed by atoms with Crippen LogP contribution in [0.5, 0.6) is 0 Å². The van der Waals surface area contributed by atoms with Gasteiger partial charge in [-0.1, -0.05) is 66.4 Å². The summed E-state index contributed by atoms with van der Waals surface area (Å²) in [7, 11) is 0. The van der Waals surface area contributed by atoms with E-state index in [0.717, 1.165) is 25.1 Å². The first-order chi connectivity index (χ1) is 11.3. The van der Waals surface area contributed by atoms with E-state index in [4.69, 9.17) is 0 Å². The predicted molar refractivity (Wildman–Crippen MR) is 96.0 cm³/mol. The van der Waals surface area contributed by atoms with E-state index in [-0.39, 0.29) is 5.12 Å². The van der Waals surface area contributed by atoms with Gasteiger partial charge in [-0.25, -0.2) is 0 Å². The van der Waals surface area contributed by atoms with Gasteiger partial charge in [-0.05, 0) is 36.9 Å². The fourth-order valence-corrected chi connectivity index (χ4v) is 4.83. The van der Waals surface area contributed by atoms with E-state index in [2.05, 4.69) is 29.2 Å². The third kappa shape index (κ3) is 3.22. The van der Waals surface area contributed by atoms with E-state index in [1.807, 2.05) is 30.3 Å². The molecule has 0 aromatic heterocycles. The summed E-state index contributed by atoms with van der Waals surface area (Å²) >= 11 is 1.53. The minimum Gasteiger partial charge on any atom is -0.299 e. The predicted octanol–water partition coefficient (Wildman–Crippen LogP) is 3.80. The number of rotatable bonds is 3. The Hall–Kier alpha value is -1.58. The Labute approximate surface area is 141 Å². The van der Waals surface area contributed by atoms with Gasteiger partial charge in [0.1, 0.15) is 0 Å². The highest BCUT2D eigenvalue weighted by Crippen LogP contribution is 2.31. The van der Waals surface area contributed by atoms with Crippen LogP contribution in [0.15, 0.2) is 54.6 Å². The van der Waals surface area contributed by atoms with Crippen molar-refractivity contribution in [1.29, 1.82) is 0 Å². The van der Waals surface area contributed by atoms with Crippen molar-refractivity contribution >= 4 is 16.9 Å². The van der Waals surface area contributed by atoms with Crippen LogP contribution in [0, 0.1) is 0 Å². The van der Waals surface area contributed by atoms with Crippen molar-refractivity contribution in [3.63, 3.8) is 0 Å². The first-order valence-corrected chi connectivity index (χ1v) is 9.24. The molecule has 2 aromatic rings. The maximum atomic E-state index is 12.4. The Morgan fingerprint density at radius 1 is 0.957 bits per heavy atom. The molecule has 1 fully saturated rings. The van der Waals surface area contributed by atoms with Gasteiger partial charge in [0.15, 0.2) is 0 Å². The topological polar surface area (TPSA) is 20.3 Å². The van der Waals surface area contributed by atoms with Crippen LogP contribution in [0.1, 0.15) is 27.9 Å². The lowest BCUT2D eigenvalue weighted by molar-refractivity contribution is 0.108. The van der Waals surface area contributed by atoms with E-state index in [1.165, 1.54) is 35.7 Å². The average molecular weight is 323 g/mol. The molecular weight excluding hydrogens is 302 g/mol. The van der Waals surface area contributed by atoms with Gasteiger partial charge in [0.05, 0.1) is 0 Å². The Bertz CT molecular complexity index is 675. The third-order valence-electron chi connectivity index (χ3n) is 5.01. The number of carbonyl (C=O) groups excluding carboxylic acids is 1. The number of likely N-dealkylation sites (tertiary alicyclic amines) is 1. The van der Waals surface area contributed by atoms with Crippen LogP contribution >= 0.6 is 11.8 Å². The van der Waals surface area contributed by atoms with Crippen LogP contribution < -0.4 is 0 Å². The second-order valence-corrected chi connectivity index (χ2v) is 7.78. The van der Waals surface area contributed by atoms with Crippen LogP contribution in [0.3, 0.4) is 0 Å². The molecule has 0 spiro atoms. The van der Waals surface area contributed by atoms with Gasteiger partial charge in [-0.3, -0.25) is 9.69 Å². The smallest absolute Gasteiger partial charge is 0.219 e. The number of carbonyl (C=O) groups is 1. The standard InChI is InChI=1S/C20H21NOS/c22-20(15-6-2-1-3-7-15)23-19-10-11-21(14-19)18-12-16-8-4-5-9-17(16)13-18/h1-9,18-19H,10-14H2. The number of nitrogens with zero attached hydrogens (tertiary/aromatic N) is 1. The second-order valence-electron chi connectivity index (χ2n) is 6.51. The molecule has 0 radical (unpaired) electrons. The molecule has 2 aromatic carbocycles. The highest BCUT2D eigenvalue weighted by Gasteiger charge is 2.33. The minimum absolute atomic E-state index is 0.215. The van der Waals surface area contributed by atoms with E-state index in [0.29, 0.717) is 11.3 Å². The lowest BCUT2D eigenvalue weighted by Crippen LogP contribution is -2.34. The lowest BCUT2D eigenvalue weighted by atomic mass is 10.1. The molecule has 1 heterocycles. The second kappa shape index (κ2) is 6.50. The summed E-state index contributed by atoms with van der Waals surface area (Å²) in [6.45, 7) is 2.17. The number of thioether (sulfide) groups is 1. The van der Waals surface area contributed by atoms with Crippen molar-refractivity contribution in [1.82, 2.24) is 4.90 Å². The van der Waals surface area contributed by atoms with Crippen LogP contribution in [-0.4, -0.2) is 34.4 Å². The highest BCUT2D eigenvalue weighted by atomic mass is 32.2. The number of benzene rings is 2. The van der Waals surface area contributed by atoms with Crippen LogP contribution in [-0.2, 0) is 12.8 Å². The van der Waals surface area contributed by atoms with Gasteiger partial charge < -0.3 is 0 Å². The van der Waals surface area contributed by atoms with Crippen molar-refractivity contribution in [2.45, 2.75) is 30.6 Å². The fraction of sp³-hybridized carbons (Fsp3) is 0.350. The molecule has 0 bridgehead atoms. The van der Waals surface area contributed by atoms with Crippen molar-refractivity contribution in [3.05, 3.63) is 71.3 Å². The van der Waals surface area contributed by atoms with Gasteiger partial charge in [-0.2, -0.15) is 0 Å². The van der Waals surface area contributed by atoms with E-state index in [9.17, 15) is 4.79 Å². The van der Waals surface area contributed by atoms with Gasteiger partial charge >= 0.3 is 0 Å². The molecule has 0 N–H and O–H groups in total. The zero-order valence-electron chi connectivity index (χ0n) is 13.2. The molecule has 1 atom stereocenters. The van der Waals surface area contributed by atoms with Gasteiger partial charge in [0.25, 0.3) is 0 Å². The molecule has 2 aliphatic rings. The normalized spacial score (nSPS) is 21.5. The first kappa shape index (κ1) is 15.0.